The summed E-state index contributed by atoms with van der Waals surface area (Å²) in [5.41, 5.74) is -0.298. The molecule has 4 nitrogen and oxygen atoms in total. The standard InChI is InChI=1S/C9H15N3O/c1-6(2)10-8-11-7(13)9(12-8)4-3-5-9/h6H,3-5H2,1-2H3,(H2,10,11,12,13). The summed E-state index contributed by atoms with van der Waals surface area (Å²) < 4.78 is 0. The number of hydrogen-bond acceptors (Lipinski definition) is 2. The van der Waals surface area contributed by atoms with Crippen molar-refractivity contribution in [2.75, 3.05) is 0 Å². The van der Waals surface area contributed by atoms with Crippen molar-refractivity contribution >= 4 is 11.9 Å². The third-order valence-electron chi connectivity index (χ3n) is 2.62. The van der Waals surface area contributed by atoms with Crippen LogP contribution in [0.3, 0.4) is 0 Å². The van der Waals surface area contributed by atoms with Crippen LogP contribution in [0.4, 0.5) is 0 Å². The average molecular weight is 181 g/mol. The van der Waals surface area contributed by atoms with E-state index in [0.717, 1.165) is 19.3 Å². The SMILES string of the molecule is CC(C)N=C1NC(=O)C2(CCC2)N1. The van der Waals surface area contributed by atoms with Crippen molar-refractivity contribution in [2.45, 2.75) is 44.7 Å². The minimum atomic E-state index is -0.298. The first-order valence-electron chi connectivity index (χ1n) is 4.80. The lowest BCUT2D eigenvalue weighted by atomic mass is 9.77. The van der Waals surface area contributed by atoms with Crippen LogP contribution >= 0.6 is 0 Å². The van der Waals surface area contributed by atoms with Gasteiger partial charge in [0.05, 0.1) is 0 Å². The molecule has 1 heterocycles. The van der Waals surface area contributed by atoms with Gasteiger partial charge in [-0.1, -0.05) is 0 Å². The molecule has 2 N–H and O–H groups in total. The molecule has 2 fully saturated rings. The molecular weight excluding hydrogens is 166 g/mol. The first kappa shape index (κ1) is 8.53. The van der Waals surface area contributed by atoms with Crippen molar-refractivity contribution in [3.05, 3.63) is 0 Å². The summed E-state index contributed by atoms with van der Waals surface area (Å²) in [6.07, 6.45) is 3.02. The normalized spacial score (nSPS) is 27.6. The molecule has 0 aromatic heterocycles. The summed E-state index contributed by atoms with van der Waals surface area (Å²) in [6.45, 7) is 3.99. The van der Waals surface area contributed by atoms with E-state index >= 15 is 0 Å². The Hall–Kier alpha value is -1.06. The fourth-order valence-electron chi connectivity index (χ4n) is 1.75. The number of guanidine groups is 1. The second kappa shape index (κ2) is 2.72. The molecule has 13 heavy (non-hydrogen) atoms. The summed E-state index contributed by atoms with van der Waals surface area (Å²) in [6, 6.07) is 0.220. The zero-order valence-corrected chi connectivity index (χ0v) is 8.05. The predicted molar refractivity (Wildman–Crippen MR) is 50.4 cm³/mol. The molecule has 1 saturated heterocycles. The van der Waals surface area contributed by atoms with Crippen molar-refractivity contribution in [1.29, 1.82) is 0 Å². The third-order valence-corrected chi connectivity index (χ3v) is 2.62. The molecular formula is C9H15N3O. The lowest BCUT2D eigenvalue weighted by molar-refractivity contribution is -0.126. The lowest BCUT2D eigenvalue weighted by Crippen LogP contribution is -2.52. The molecule has 1 amide bonds. The molecule has 0 unspecified atom stereocenters. The number of rotatable bonds is 1. The number of aliphatic imine (C=N–C) groups is 1. The van der Waals surface area contributed by atoms with Gasteiger partial charge in [-0.05, 0) is 33.1 Å². The molecule has 1 aliphatic heterocycles. The highest BCUT2D eigenvalue weighted by molar-refractivity contribution is 6.09. The Morgan fingerprint density at radius 1 is 1.46 bits per heavy atom. The van der Waals surface area contributed by atoms with Gasteiger partial charge >= 0.3 is 0 Å². The predicted octanol–water partition coefficient (Wildman–Crippen LogP) is 0.393. The molecule has 0 aromatic rings. The summed E-state index contributed by atoms with van der Waals surface area (Å²) >= 11 is 0. The molecule has 1 saturated carbocycles. The fraction of sp³-hybridized carbons (Fsp3) is 0.778. The van der Waals surface area contributed by atoms with Crippen LogP contribution in [0, 0.1) is 0 Å². The van der Waals surface area contributed by atoms with Crippen molar-refractivity contribution in [3.8, 4) is 0 Å². The van der Waals surface area contributed by atoms with Gasteiger partial charge in [0.2, 0.25) is 0 Å². The lowest BCUT2D eigenvalue weighted by Gasteiger charge is -2.34. The van der Waals surface area contributed by atoms with E-state index in [-0.39, 0.29) is 17.5 Å². The molecule has 4 heteroatoms. The van der Waals surface area contributed by atoms with Gasteiger partial charge < -0.3 is 5.32 Å². The highest BCUT2D eigenvalue weighted by atomic mass is 16.2. The Kier molecular flexibility index (Phi) is 1.78. The van der Waals surface area contributed by atoms with Crippen LogP contribution in [0.25, 0.3) is 0 Å². The second-order valence-electron chi connectivity index (χ2n) is 4.09. The van der Waals surface area contributed by atoms with Crippen LogP contribution in [-0.2, 0) is 4.79 Å². The first-order valence-corrected chi connectivity index (χ1v) is 4.80. The van der Waals surface area contributed by atoms with E-state index in [0.29, 0.717) is 5.96 Å². The van der Waals surface area contributed by atoms with Crippen LogP contribution < -0.4 is 10.6 Å². The largest absolute Gasteiger partial charge is 0.342 e. The zero-order chi connectivity index (χ0) is 9.47. The Labute approximate surface area is 77.8 Å². The Morgan fingerprint density at radius 2 is 2.15 bits per heavy atom. The highest BCUT2D eigenvalue weighted by Gasteiger charge is 2.49. The maximum absolute atomic E-state index is 11.5. The average Bonchev–Trinajstić information content (AvgIpc) is 2.24. The van der Waals surface area contributed by atoms with E-state index in [2.05, 4.69) is 15.6 Å². The minimum Gasteiger partial charge on any atom is -0.342 e. The highest BCUT2D eigenvalue weighted by Crippen LogP contribution is 2.33. The molecule has 2 aliphatic rings. The molecule has 1 spiro atoms. The Balaban J connectivity index is 2.11. The summed E-state index contributed by atoms with van der Waals surface area (Å²) in [5, 5.41) is 5.95. The van der Waals surface area contributed by atoms with Crippen molar-refractivity contribution in [2.24, 2.45) is 4.99 Å². The van der Waals surface area contributed by atoms with E-state index < -0.39 is 0 Å². The van der Waals surface area contributed by atoms with Gasteiger partial charge in [0.15, 0.2) is 5.96 Å². The Morgan fingerprint density at radius 3 is 2.54 bits per heavy atom. The van der Waals surface area contributed by atoms with Gasteiger partial charge in [-0.2, -0.15) is 0 Å². The van der Waals surface area contributed by atoms with Gasteiger partial charge in [-0.15, -0.1) is 0 Å². The van der Waals surface area contributed by atoms with Gasteiger partial charge in [0, 0.05) is 6.04 Å². The number of carbonyl (C=O) groups excluding carboxylic acids is 1. The van der Waals surface area contributed by atoms with Gasteiger partial charge in [-0.3, -0.25) is 15.1 Å². The fourth-order valence-corrected chi connectivity index (χ4v) is 1.75. The molecule has 1 aliphatic carbocycles. The quantitative estimate of drug-likeness (QED) is 0.615. The maximum atomic E-state index is 11.5. The van der Waals surface area contributed by atoms with Crippen LogP contribution in [-0.4, -0.2) is 23.4 Å². The topological polar surface area (TPSA) is 53.5 Å². The molecule has 0 aromatic carbocycles. The van der Waals surface area contributed by atoms with Crippen molar-refractivity contribution in [1.82, 2.24) is 10.6 Å². The van der Waals surface area contributed by atoms with Crippen LogP contribution in [0.15, 0.2) is 4.99 Å². The Bertz CT molecular complexity index is 266. The summed E-state index contributed by atoms with van der Waals surface area (Å²) in [4.78, 5) is 15.8. The van der Waals surface area contributed by atoms with Gasteiger partial charge in [-0.25, -0.2) is 0 Å². The maximum Gasteiger partial charge on any atom is 0.252 e. The molecule has 0 atom stereocenters. The van der Waals surface area contributed by atoms with E-state index in [1.54, 1.807) is 0 Å². The molecule has 0 bridgehead atoms. The van der Waals surface area contributed by atoms with Crippen LogP contribution in [0.2, 0.25) is 0 Å². The third kappa shape index (κ3) is 1.30. The molecule has 72 valence electrons. The van der Waals surface area contributed by atoms with Crippen molar-refractivity contribution in [3.63, 3.8) is 0 Å². The number of hydrogen-bond donors (Lipinski definition) is 2. The summed E-state index contributed by atoms with van der Waals surface area (Å²) in [7, 11) is 0. The zero-order valence-electron chi connectivity index (χ0n) is 8.05. The molecule has 2 rings (SSSR count). The van der Waals surface area contributed by atoms with E-state index in [9.17, 15) is 4.79 Å². The van der Waals surface area contributed by atoms with Gasteiger partial charge in [0.1, 0.15) is 5.54 Å². The number of carbonyl (C=O) groups is 1. The number of amides is 1. The number of nitrogens with one attached hydrogen (secondary N) is 2. The van der Waals surface area contributed by atoms with Crippen molar-refractivity contribution < 1.29 is 4.79 Å². The smallest absolute Gasteiger partial charge is 0.252 e. The van der Waals surface area contributed by atoms with E-state index in [1.165, 1.54) is 0 Å². The molecule has 0 radical (unpaired) electrons. The second-order valence-corrected chi connectivity index (χ2v) is 4.09. The minimum absolute atomic E-state index is 0.0955. The van der Waals surface area contributed by atoms with Crippen LogP contribution in [0.1, 0.15) is 33.1 Å². The van der Waals surface area contributed by atoms with E-state index in [4.69, 9.17) is 0 Å². The van der Waals surface area contributed by atoms with E-state index in [1.807, 2.05) is 13.8 Å². The number of nitrogens with zero attached hydrogens (tertiary/aromatic N) is 1. The van der Waals surface area contributed by atoms with Gasteiger partial charge in [0.25, 0.3) is 5.91 Å². The summed E-state index contributed by atoms with van der Waals surface area (Å²) in [5.74, 6) is 0.748. The van der Waals surface area contributed by atoms with Crippen LogP contribution in [0.5, 0.6) is 0 Å². The first-order chi connectivity index (χ1) is 6.12. The monoisotopic (exact) mass is 181 g/mol.